The summed E-state index contributed by atoms with van der Waals surface area (Å²) in [6.07, 6.45) is 1.43. The van der Waals surface area contributed by atoms with Crippen LogP contribution in [0.1, 0.15) is 11.1 Å². The first-order valence-electron chi connectivity index (χ1n) is 6.15. The van der Waals surface area contributed by atoms with Crippen LogP contribution in [0, 0.1) is 10.1 Å². The van der Waals surface area contributed by atoms with E-state index in [0.29, 0.717) is 11.1 Å². The van der Waals surface area contributed by atoms with Crippen molar-refractivity contribution in [3.05, 3.63) is 81.2 Å². The zero-order valence-electron chi connectivity index (χ0n) is 11.0. The second kappa shape index (κ2) is 6.32. The number of nitro groups is 1. The summed E-state index contributed by atoms with van der Waals surface area (Å²) in [6, 6.07) is 14.6. The molecule has 0 bridgehead atoms. The van der Waals surface area contributed by atoms with E-state index in [1.165, 1.54) is 30.3 Å². The number of non-ortho nitro benzene ring substituents is 1. The molecule has 0 aliphatic rings. The Morgan fingerprint density at radius 1 is 1.00 bits per heavy atom. The number of hydrogen-bond acceptors (Lipinski definition) is 4. The molecule has 0 saturated carbocycles. The zero-order chi connectivity index (χ0) is 15.3. The van der Waals surface area contributed by atoms with Crippen molar-refractivity contribution in [1.29, 1.82) is 0 Å². The molecule has 0 aliphatic heterocycles. The molecule has 108 valence electrons. The third-order valence-corrected chi connectivity index (χ3v) is 4.07. The maximum atomic E-state index is 12.0. The molecule has 21 heavy (non-hydrogen) atoms. The van der Waals surface area contributed by atoms with Gasteiger partial charge in [0.1, 0.15) is 0 Å². The van der Waals surface area contributed by atoms with E-state index in [1.54, 1.807) is 24.3 Å². The molecule has 0 aromatic heterocycles. The van der Waals surface area contributed by atoms with E-state index < -0.39 is 14.8 Å². The molecule has 6 heteroatoms. The standard InChI is InChI=1S/C15H13NO4S/c17-16(18)15-8-6-13(7-9-15)10-11-21(19,20)12-14-4-2-1-3-5-14/h1-11H,12H2. The van der Waals surface area contributed by atoms with E-state index >= 15 is 0 Å². The van der Waals surface area contributed by atoms with Crippen LogP contribution in [-0.4, -0.2) is 13.3 Å². The lowest BCUT2D eigenvalue weighted by Crippen LogP contribution is -1.99. The molecule has 0 N–H and O–H groups in total. The van der Waals surface area contributed by atoms with Crippen LogP contribution in [0.25, 0.3) is 6.08 Å². The van der Waals surface area contributed by atoms with Gasteiger partial charge < -0.3 is 0 Å². The van der Waals surface area contributed by atoms with E-state index in [0.717, 1.165) is 5.41 Å². The molecule has 0 atom stereocenters. The minimum atomic E-state index is -3.37. The van der Waals surface area contributed by atoms with Gasteiger partial charge in [0.05, 0.1) is 10.7 Å². The first-order valence-corrected chi connectivity index (χ1v) is 7.87. The van der Waals surface area contributed by atoms with Gasteiger partial charge in [0.25, 0.3) is 5.69 Å². The summed E-state index contributed by atoms with van der Waals surface area (Å²) >= 11 is 0. The van der Waals surface area contributed by atoms with Gasteiger partial charge >= 0.3 is 0 Å². The Morgan fingerprint density at radius 2 is 1.62 bits per heavy atom. The third kappa shape index (κ3) is 4.54. The van der Waals surface area contributed by atoms with Gasteiger partial charge in [0, 0.05) is 17.5 Å². The number of hydrogen-bond donors (Lipinski definition) is 0. The molecule has 0 unspecified atom stereocenters. The van der Waals surface area contributed by atoms with Crippen LogP contribution in [0.4, 0.5) is 5.69 Å². The van der Waals surface area contributed by atoms with Gasteiger partial charge in [-0.3, -0.25) is 10.1 Å². The second-order valence-corrected chi connectivity index (χ2v) is 6.33. The first kappa shape index (κ1) is 14.9. The highest BCUT2D eigenvalue weighted by Crippen LogP contribution is 2.14. The first-order chi connectivity index (χ1) is 9.96. The molecule has 2 rings (SSSR count). The minimum absolute atomic E-state index is 0.0284. The van der Waals surface area contributed by atoms with Gasteiger partial charge in [-0.25, -0.2) is 8.42 Å². The summed E-state index contributed by atoms with van der Waals surface area (Å²) < 4.78 is 23.9. The van der Waals surface area contributed by atoms with Gasteiger partial charge in [-0.05, 0) is 29.3 Å². The lowest BCUT2D eigenvalue weighted by Gasteiger charge is -1.99. The zero-order valence-corrected chi connectivity index (χ0v) is 11.9. The predicted octanol–water partition coefficient (Wildman–Crippen LogP) is 3.18. The fourth-order valence-electron chi connectivity index (χ4n) is 1.74. The smallest absolute Gasteiger partial charge is 0.258 e. The van der Waals surface area contributed by atoms with Crippen molar-refractivity contribution in [3.63, 3.8) is 0 Å². The highest BCUT2D eigenvalue weighted by molar-refractivity contribution is 7.93. The van der Waals surface area contributed by atoms with E-state index in [2.05, 4.69) is 0 Å². The van der Waals surface area contributed by atoms with Crippen molar-refractivity contribution in [2.24, 2.45) is 0 Å². The molecule has 0 spiro atoms. The predicted molar refractivity (Wildman–Crippen MR) is 81.2 cm³/mol. The molecule has 0 aliphatic carbocycles. The van der Waals surface area contributed by atoms with Gasteiger partial charge in [0.2, 0.25) is 0 Å². The summed E-state index contributed by atoms with van der Waals surface area (Å²) in [4.78, 5) is 10.0. The molecule has 2 aromatic carbocycles. The fourth-order valence-corrected chi connectivity index (χ4v) is 2.86. The average Bonchev–Trinajstić information content (AvgIpc) is 2.46. The Morgan fingerprint density at radius 3 is 2.19 bits per heavy atom. The third-order valence-electron chi connectivity index (χ3n) is 2.78. The summed E-state index contributed by atoms with van der Waals surface area (Å²) in [7, 11) is -3.37. The fraction of sp³-hybridized carbons (Fsp3) is 0.0667. The van der Waals surface area contributed by atoms with Crippen molar-refractivity contribution >= 4 is 21.6 Å². The van der Waals surface area contributed by atoms with Crippen LogP contribution in [0.3, 0.4) is 0 Å². The van der Waals surface area contributed by atoms with Crippen LogP contribution < -0.4 is 0 Å². The minimum Gasteiger partial charge on any atom is -0.258 e. The van der Waals surface area contributed by atoms with Crippen LogP contribution in [0.15, 0.2) is 60.0 Å². The van der Waals surface area contributed by atoms with Crippen LogP contribution >= 0.6 is 0 Å². The molecule has 0 fully saturated rings. The van der Waals surface area contributed by atoms with Crippen molar-refractivity contribution in [2.45, 2.75) is 5.75 Å². The Bertz CT molecular complexity index is 750. The van der Waals surface area contributed by atoms with Crippen molar-refractivity contribution in [1.82, 2.24) is 0 Å². The van der Waals surface area contributed by atoms with Gasteiger partial charge in [0.15, 0.2) is 9.84 Å². The van der Waals surface area contributed by atoms with Crippen LogP contribution in [-0.2, 0) is 15.6 Å². The summed E-state index contributed by atoms with van der Waals surface area (Å²) in [5.41, 5.74) is 1.28. The number of nitrogens with zero attached hydrogens (tertiary/aromatic N) is 1. The van der Waals surface area contributed by atoms with E-state index in [9.17, 15) is 18.5 Å². The lowest BCUT2D eigenvalue weighted by molar-refractivity contribution is -0.384. The second-order valence-electron chi connectivity index (χ2n) is 4.44. The molecular formula is C15H13NO4S. The number of rotatable bonds is 5. The van der Waals surface area contributed by atoms with Crippen molar-refractivity contribution < 1.29 is 13.3 Å². The highest BCUT2D eigenvalue weighted by Gasteiger charge is 2.08. The van der Waals surface area contributed by atoms with Crippen molar-refractivity contribution in [3.8, 4) is 0 Å². The van der Waals surface area contributed by atoms with Crippen LogP contribution in [0.5, 0.6) is 0 Å². The number of nitro benzene ring substituents is 1. The molecule has 2 aromatic rings. The average molecular weight is 303 g/mol. The Hall–Kier alpha value is -2.47. The quantitative estimate of drug-likeness (QED) is 0.628. The molecule has 0 saturated heterocycles. The Labute approximate surface area is 122 Å². The molecule has 5 nitrogen and oxygen atoms in total. The largest absolute Gasteiger partial charge is 0.269 e. The SMILES string of the molecule is O=[N+]([O-])c1ccc(C=CS(=O)(=O)Cc2ccccc2)cc1. The number of benzene rings is 2. The normalized spacial score (nSPS) is 11.6. The molecular weight excluding hydrogens is 290 g/mol. The van der Waals surface area contributed by atoms with Crippen LogP contribution in [0.2, 0.25) is 0 Å². The lowest BCUT2D eigenvalue weighted by atomic mass is 10.2. The van der Waals surface area contributed by atoms with E-state index in [4.69, 9.17) is 0 Å². The van der Waals surface area contributed by atoms with E-state index in [1.807, 2.05) is 6.07 Å². The van der Waals surface area contributed by atoms with Gasteiger partial charge in [-0.15, -0.1) is 0 Å². The number of sulfone groups is 1. The summed E-state index contributed by atoms with van der Waals surface area (Å²) in [6.45, 7) is 0. The monoisotopic (exact) mass is 303 g/mol. The molecule has 0 heterocycles. The highest BCUT2D eigenvalue weighted by atomic mass is 32.2. The Kier molecular flexibility index (Phi) is 4.49. The van der Waals surface area contributed by atoms with Gasteiger partial charge in [-0.1, -0.05) is 30.3 Å². The summed E-state index contributed by atoms with van der Waals surface area (Å²) in [5, 5.41) is 11.7. The Balaban J connectivity index is 2.10. The summed E-state index contributed by atoms with van der Waals surface area (Å²) in [5.74, 6) is -0.0721. The maximum Gasteiger partial charge on any atom is 0.269 e. The van der Waals surface area contributed by atoms with Gasteiger partial charge in [-0.2, -0.15) is 0 Å². The van der Waals surface area contributed by atoms with E-state index in [-0.39, 0.29) is 11.4 Å². The molecule has 0 amide bonds. The topological polar surface area (TPSA) is 77.3 Å². The van der Waals surface area contributed by atoms with Crippen molar-refractivity contribution in [2.75, 3.05) is 0 Å². The maximum absolute atomic E-state index is 12.0. The molecule has 0 radical (unpaired) electrons.